The molecule has 0 aliphatic heterocycles. The quantitative estimate of drug-likeness (QED) is 0.374. The van der Waals surface area contributed by atoms with Crippen molar-refractivity contribution < 1.29 is 34.8 Å². The summed E-state index contributed by atoms with van der Waals surface area (Å²) in [5, 5.41) is 34.1. The van der Waals surface area contributed by atoms with Gasteiger partial charge >= 0.3 is 11.9 Å². The van der Waals surface area contributed by atoms with Crippen LogP contribution in [0.25, 0.3) is 0 Å². The highest BCUT2D eigenvalue weighted by Crippen LogP contribution is 2.17. The first kappa shape index (κ1) is 21.0. The van der Waals surface area contributed by atoms with Crippen molar-refractivity contribution in [3.63, 3.8) is 0 Å². The molecule has 0 unspecified atom stereocenters. The molecule has 0 radical (unpaired) electrons. The molecule has 0 saturated carbocycles. The monoisotopic (exact) mass is 329 g/mol. The molecule has 8 nitrogen and oxygen atoms in total. The number of para-hydroxylation sites is 1. The molecule has 0 aromatic heterocycles. The molecule has 0 fully saturated rings. The average molecular weight is 329 g/mol. The Labute approximate surface area is 134 Å². The molecule has 130 valence electrons. The van der Waals surface area contributed by atoms with Gasteiger partial charge in [0, 0.05) is 26.6 Å². The molecular weight excluding hydrogens is 306 g/mol. The Morgan fingerprint density at radius 1 is 1.00 bits per heavy atom. The molecule has 1 rings (SSSR count). The minimum atomic E-state index is -1.11. The normalized spacial score (nSPS) is 9.96. The van der Waals surface area contributed by atoms with Crippen LogP contribution in [0.15, 0.2) is 24.3 Å². The molecule has 4 N–H and O–H groups in total. The molecule has 0 heterocycles. The number of ether oxygens (including phenoxy) is 1. The molecule has 0 spiro atoms. The third-order valence-electron chi connectivity index (χ3n) is 2.62. The Balaban J connectivity index is 0.000000438. The second-order valence-corrected chi connectivity index (χ2v) is 4.41. The van der Waals surface area contributed by atoms with Crippen LogP contribution in [0.2, 0.25) is 0 Å². The van der Waals surface area contributed by atoms with E-state index in [4.69, 9.17) is 20.4 Å². The number of nitrogens with zero attached hydrogens (tertiary/aromatic N) is 1. The van der Waals surface area contributed by atoms with E-state index in [0.29, 0.717) is 19.6 Å². The molecule has 0 aliphatic rings. The molecule has 0 bridgehead atoms. The number of carboxylic acid groups (broad SMARTS) is 1. The van der Waals surface area contributed by atoms with E-state index in [2.05, 4.69) is 4.74 Å². The van der Waals surface area contributed by atoms with E-state index in [-0.39, 0.29) is 31.1 Å². The summed E-state index contributed by atoms with van der Waals surface area (Å²) < 4.78 is 4.69. The van der Waals surface area contributed by atoms with Crippen molar-refractivity contribution in [2.24, 2.45) is 0 Å². The van der Waals surface area contributed by atoms with Gasteiger partial charge in [0.1, 0.15) is 11.3 Å². The number of carbonyl (C=O) groups excluding carboxylic acids is 1. The van der Waals surface area contributed by atoms with Crippen LogP contribution in [0, 0.1) is 0 Å². The van der Waals surface area contributed by atoms with Gasteiger partial charge in [-0.1, -0.05) is 12.1 Å². The van der Waals surface area contributed by atoms with Gasteiger partial charge in [0.25, 0.3) is 0 Å². The Morgan fingerprint density at radius 3 is 1.87 bits per heavy atom. The maximum atomic E-state index is 10.6. The summed E-state index contributed by atoms with van der Waals surface area (Å²) in [5.74, 6) is -1.58. The lowest BCUT2D eigenvalue weighted by Gasteiger charge is -2.17. The highest BCUT2D eigenvalue weighted by molar-refractivity contribution is 5.91. The number of hydrogen-bond acceptors (Lipinski definition) is 7. The van der Waals surface area contributed by atoms with Gasteiger partial charge in [0.2, 0.25) is 0 Å². The smallest absolute Gasteiger partial charge is 0.339 e. The highest BCUT2D eigenvalue weighted by atomic mass is 16.5. The molecule has 0 atom stereocenters. The summed E-state index contributed by atoms with van der Waals surface area (Å²) in [6.07, 6.45) is 0. The Morgan fingerprint density at radius 2 is 1.48 bits per heavy atom. The standard InChI is InChI=1S/C9H8O4.C6H15NO3/c1-6(10)13-8-5-3-2-4-7(8)9(11)12;8-4-1-7(2-5-9)3-6-10/h2-5H,1H3,(H,11,12);8-10H,1-6H2. The van der Waals surface area contributed by atoms with E-state index in [1.165, 1.54) is 19.1 Å². The van der Waals surface area contributed by atoms with Crippen LogP contribution < -0.4 is 4.74 Å². The Bertz CT molecular complexity index is 464. The minimum Gasteiger partial charge on any atom is -0.478 e. The third-order valence-corrected chi connectivity index (χ3v) is 2.62. The van der Waals surface area contributed by atoms with E-state index in [1.807, 2.05) is 0 Å². The molecule has 23 heavy (non-hydrogen) atoms. The van der Waals surface area contributed by atoms with Crippen molar-refractivity contribution in [1.82, 2.24) is 4.90 Å². The summed E-state index contributed by atoms with van der Waals surface area (Å²) in [5.41, 5.74) is -0.0160. The van der Waals surface area contributed by atoms with Crippen molar-refractivity contribution in [2.45, 2.75) is 6.92 Å². The largest absolute Gasteiger partial charge is 0.478 e. The van der Waals surface area contributed by atoms with Gasteiger partial charge in [0.15, 0.2) is 0 Å². The summed E-state index contributed by atoms with van der Waals surface area (Å²) in [6.45, 7) is 2.97. The number of rotatable bonds is 8. The molecule has 1 aromatic rings. The predicted molar refractivity (Wildman–Crippen MR) is 82.4 cm³/mol. The predicted octanol–water partition coefficient (Wildman–Crippen LogP) is -0.425. The highest BCUT2D eigenvalue weighted by Gasteiger charge is 2.11. The molecule has 0 aliphatic carbocycles. The lowest BCUT2D eigenvalue weighted by Crippen LogP contribution is -2.32. The average Bonchev–Trinajstić information content (AvgIpc) is 2.48. The first-order valence-corrected chi connectivity index (χ1v) is 7.01. The van der Waals surface area contributed by atoms with Crippen molar-refractivity contribution in [3.8, 4) is 5.75 Å². The lowest BCUT2D eigenvalue weighted by molar-refractivity contribution is -0.131. The first-order chi connectivity index (χ1) is 11.0. The topological polar surface area (TPSA) is 128 Å². The third kappa shape index (κ3) is 9.59. The van der Waals surface area contributed by atoms with Crippen molar-refractivity contribution in [2.75, 3.05) is 39.5 Å². The van der Waals surface area contributed by atoms with E-state index in [1.54, 1.807) is 17.0 Å². The van der Waals surface area contributed by atoms with E-state index < -0.39 is 11.9 Å². The number of hydrogen-bond donors (Lipinski definition) is 4. The molecular formula is C15H23NO7. The van der Waals surface area contributed by atoms with Gasteiger partial charge < -0.3 is 25.2 Å². The van der Waals surface area contributed by atoms with Gasteiger partial charge in [-0.15, -0.1) is 0 Å². The van der Waals surface area contributed by atoms with Crippen LogP contribution in [-0.2, 0) is 4.79 Å². The van der Waals surface area contributed by atoms with E-state index in [0.717, 1.165) is 0 Å². The Kier molecular flexibility index (Phi) is 11.4. The molecule has 0 saturated heterocycles. The SMILES string of the molecule is CC(=O)Oc1ccccc1C(=O)O.OCCN(CCO)CCO. The van der Waals surface area contributed by atoms with E-state index >= 15 is 0 Å². The fourth-order valence-corrected chi connectivity index (χ4v) is 1.65. The van der Waals surface area contributed by atoms with Crippen LogP contribution in [0.5, 0.6) is 5.75 Å². The first-order valence-electron chi connectivity index (χ1n) is 7.01. The van der Waals surface area contributed by atoms with Crippen LogP contribution in [0.3, 0.4) is 0 Å². The second-order valence-electron chi connectivity index (χ2n) is 4.41. The van der Waals surface area contributed by atoms with Crippen molar-refractivity contribution >= 4 is 11.9 Å². The number of aliphatic hydroxyl groups is 3. The number of esters is 1. The summed E-state index contributed by atoms with van der Waals surface area (Å²) >= 11 is 0. The van der Waals surface area contributed by atoms with Crippen molar-refractivity contribution in [3.05, 3.63) is 29.8 Å². The van der Waals surface area contributed by atoms with Crippen LogP contribution in [-0.4, -0.2) is 76.7 Å². The summed E-state index contributed by atoms with van der Waals surface area (Å²) in [7, 11) is 0. The fraction of sp³-hybridized carbons (Fsp3) is 0.467. The lowest BCUT2D eigenvalue weighted by atomic mass is 10.2. The molecule has 8 heteroatoms. The van der Waals surface area contributed by atoms with Gasteiger partial charge in [-0.2, -0.15) is 0 Å². The summed E-state index contributed by atoms with van der Waals surface area (Å²) in [4.78, 5) is 23.0. The van der Waals surface area contributed by atoms with Crippen LogP contribution >= 0.6 is 0 Å². The minimum absolute atomic E-state index is 0.0160. The number of carbonyl (C=O) groups is 2. The van der Waals surface area contributed by atoms with E-state index in [9.17, 15) is 9.59 Å². The van der Waals surface area contributed by atoms with Gasteiger partial charge in [-0.25, -0.2) is 4.79 Å². The number of aliphatic hydroxyl groups excluding tert-OH is 3. The number of carboxylic acids is 1. The number of aromatic carboxylic acids is 1. The maximum absolute atomic E-state index is 10.6. The zero-order chi connectivity index (χ0) is 17.7. The zero-order valence-electron chi connectivity index (χ0n) is 13.0. The van der Waals surface area contributed by atoms with Crippen molar-refractivity contribution in [1.29, 1.82) is 0 Å². The maximum Gasteiger partial charge on any atom is 0.339 e. The molecule has 0 amide bonds. The fourth-order valence-electron chi connectivity index (χ4n) is 1.65. The van der Waals surface area contributed by atoms with Crippen LogP contribution in [0.1, 0.15) is 17.3 Å². The van der Waals surface area contributed by atoms with Crippen LogP contribution in [0.4, 0.5) is 0 Å². The van der Waals surface area contributed by atoms with Gasteiger partial charge in [-0.05, 0) is 12.1 Å². The Hall–Kier alpha value is -2.00. The molecule has 1 aromatic carbocycles. The second kappa shape index (κ2) is 12.5. The number of benzene rings is 1. The zero-order valence-corrected chi connectivity index (χ0v) is 13.0. The van der Waals surface area contributed by atoms with Gasteiger partial charge in [-0.3, -0.25) is 9.69 Å². The van der Waals surface area contributed by atoms with Gasteiger partial charge in [0.05, 0.1) is 19.8 Å². The summed E-state index contributed by atoms with van der Waals surface area (Å²) in [6, 6.07) is 5.98.